The van der Waals surface area contributed by atoms with Crippen LogP contribution >= 0.6 is 11.3 Å². The van der Waals surface area contributed by atoms with Gasteiger partial charge < -0.3 is 41.2 Å². The molecule has 0 unspecified atom stereocenters. The third-order valence-corrected chi connectivity index (χ3v) is 29.9. The first-order valence-corrected chi connectivity index (χ1v) is 48.8. The van der Waals surface area contributed by atoms with Crippen molar-refractivity contribution in [3.8, 4) is 22.3 Å². The summed E-state index contributed by atoms with van der Waals surface area (Å²) in [6, 6.07) is 170. The average molecular weight is 1840 g/mol. The summed E-state index contributed by atoms with van der Waals surface area (Å²) >= 11 is 1.86. The molecule has 0 spiro atoms. The topological polar surface area (TPSA) is 88.6 Å². The minimum atomic E-state index is 0.848. The zero-order chi connectivity index (χ0) is 93.1. The summed E-state index contributed by atoms with van der Waals surface area (Å²) in [5.41, 5.74) is 25.1. The van der Waals surface area contributed by atoms with Gasteiger partial charge >= 0.3 is 0 Å². The molecule has 0 fully saturated rings. The van der Waals surface area contributed by atoms with E-state index in [9.17, 15) is 0 Å². The third-order valence-electron chi connectivity index (χ3n) is 28.7. The smallest absolute Gasteiger partial charge is 0.137 e. The second kappa shape index (κ2) is 32.5. The molecule has 10 heteroatoms. The van der Waals surface area contributed by atoms with Gasteiger partial charge in [0.2, 0.25) is 0 Å². The molecule has 0 aliphatic heterocycles. The van der Waals surface area contributed by atoms with Gasteiger partial charge in [0.25, 0.3) is 0 Å². The number of thiophene rings is 1. The maximum Gasteiger partial charge on any atom is 0.137 e. The van der Waals surface area contributed by atoms with E-state index < -0.39 is 0 Å². The van der Waals surface area contributed by atoms with Gasteiger partial charge in [0.15, 0.2) is 0 Å². The van der Waals surface area contributed by atoms with Crippen LogP contribution in [0.25, 0.3) is 239 Å². The van der Waals surface area contributed by atoms with E-state index in [1.54, 1.807) is 0 Å². The largest absolute Gasteiger partial charge is 0.456 e. The fourth-order valence-corrected chi connectivity index (χ4v) is 23.5. The Kier molecular flexibility index (Phi) is 18.4. The SMILES string of the molecule is c1ccc(-c2ccccc2N(c2ccc3ccc4ccc5oc6ccccc6c5c4c3c2)c2cccc3c2sc2ccccc23)cc1.c1ccc(-c2ccccc2N(c2ccc3oc4ccccc4c3c2)c2ccc3ccc4ccc5oc6ccccc6c5c4c3c2)cc1.c1ccc2c(c1)oc1cc(N(c3ccc4c(c3)oc3ccccc34)c3ccc4ccc5ccc6oc7ccccc7c6c5c4c3)ccc12. The minimum Gasteiger partial charge on any atom is -0.456 e. The summed E-state index contributed by atoms with van der Waals surface area (Å²) in [6.07, 6.45) is 0. The Morgan fingerprint density at radius 2 is 0.430 bits per heavy atom. The Hall–Kier alpha value is -18.7. The molecule has 0 radical (unpaired) electrons. The van der Waals surface area contributed by atoms with Crippen molar-refractivity contribution in [3.63, 3.8) is 0 Å². The first kappa shape index (κ1) is 80.5. The van der Waals surface area contributed by atoms with E-state index in [2.05, 4.69) is 433 Å². The summed E-state index contributed by atoms with van der Waals surface area (Å²) in [5, 5.41) is 30.4. The van der Waals surface area contributed by atoms with Gasteiger partial charge in [0, 0.05) is 154 Å². The lowest BCUT2D eigenvalue weighted by molar-refractivity contribution is 0.668. The van der Waals surface area contributed by atoms with Crippen molar-refractivity contribution in [1.29, 1.82) is 0 Å². The Balaban J connectivity index is 0.000000102. The highest BCUT2D eigenvalue weighted by atomic mass is 32.1. The van der Waals surface area contributed by atoms with Gasteiger partial charge in [-0.15, -0.1) is 11.3 Å². The predicted molar refractivity (Wildman–Crippen MR) is 596 cm³/mol. The van der Waals surface area contributed by atoms with Crippen LogP contribution in [-0.2, 0) is 0 Å². The molecule has 0 aliphatic carbocycles. The lowest BCUT2D eigenvalue weighted by Gasteiger charge is -2.29. The van der Waals surface area contributed by atoms with Gasteiger partial charge in [-0.1, -0.05) is 309 Å². The molecule has 142 heavy (non-hydrogen) atoms. The molecular weight excluding hydrogens is 1760 g/mol. The van der Waals surface area contributed by atoms with Crippen LogP contribution in [0.2, 0.25) is 0 Å². The van der Waals surface area contributed by atoms with Crippen molar-refractivity contribution in [2.45, 2.75) is 0 Å². The van der Waals surface area contributed by atoms with Crippen molar-refractivity contribution < 1.29 is 26.5 Å². The highest BCUT2D eigenvalue weighted by Crippen LogP contribution is 2.53. The number of para-hydroxylation sites is 8. The Morgan fingerprint density at radius 3 is 0.894 bits per heavy atom. The van der Waals surface area contributed by atoms with Gasteiger partial charge in [-0.25, -0.2) is 0 Å². The minimum absolute atomic E-state index is 0.848. The van der Waals surface area contributed by atoms with E-state index >= 15 is 0 Å². The van der Waals surface area contributed by atoms with Gasteiger partial charge in [-0.05, 0) is 217 Å². The third kappa shape index (κ3) is 13.1. The molecule has 9 nitrogen and oxygen atoms in total. The van der Waals surface area contributed by atoms with Gasteiger partial charge in [-0.3, -0.25) is 0 Å². The molecule has 0 N–H and O–H groups in total. The van der Waals surface area contributed by atoms with Gasteiger partial charge in [0.05, 0.1) is 21.8 Å². The number of anilines is 9. The molecule has 7 heterocycles. The first-order valence-electron chi connectivity index (χ1n) is 48.0. The molecule has 31 aromatic rings. The van der Waals surface area contributed by atoms with E-state index in [-0.39, 0.29) is 0 Å². The number of hydrogen-bond acceptors (Lipinski definition) is 10. The van der Waals surface area contributed by atoms with Crippen molar-refractivity contribution >= 4 is 279 Å². The Labute approximate surface area is 815 Å². The molecule has 0 saturated heterocycles. The van der Waals surface area contributed by atoms with E-state index in [1.807, 2.05) is 72.0 Å². The van der Waals surface area contributed by atoms with E-state index in [0.29, 0.717) is 0 Å². The molecule has 0 saturated carbocycles. The number of furan rings is 6. The number of fused-ring (bicyclic) bond motifs is 33. The molecule has 664 valence electrons. The van der Waals surface area contributed by atoms with Crippen LogP contribution in [0.5, 0.6) is 0 Å². The molecule has 0 aliphatic rings. The summed E-state index contributed by atoms with van der Waals surface area (Å²) < 4.78 is 40.6. The molecular formula is C132H79N3O6S. The van der Waals surface area contributed by atoms with Gasteiger partial charge in [0.1, 0.15) is 67.0 Å². The van der Waals surface area contributed by atoms with Gasteiger partial charge in [-0.2, -0.15) is 0 Å². The van der Waals surface area contributed by atoms with Crippen LogP contribution < -0.4 is 14.7 Å². The molecule has 0 atom stereocenters. The van der Waals surface area contributed by atoms with Crippen molar-refractivity contribution in [2.24, 2.45) is 0 Å². The fraction of sp³-hybridized carbons (Fsp3) is 0. The lowest BCUT2D eigenvalue weighted by Crippen LogP contribution is -2.11. The summed E-state index contributed by atoms with van der Waals surface area (Å²) in [4.78, 5) is 7.15. The molecule has 0 bridgehead atoms. The standard InChI is InChI=1S/C44H25NO3.C44H27NO2.C44H27NOS/c1-4-10-37-31(7-1)33-20-18-29(24-41(33)47-37)45(30-19-21-34-32-8-2-5-11-38(32)48-42(34)25-30)28-17-15-26-13-14-27-16-22-40-44(43(27)36(26)23-28)35-9-3-6-12-39(35)46-40;1-2-10-28(11-3-1)33-12-4-7-15-38(33)45(32-23-25-41-37(27-32)34-13-5-8-16-39(34)46-41)31-22-20-29-18-19-30-21-24-42-44(43(30)36(29)26-31)35-14-6-9-17-40(35)47-42;1-2-11-28(12-3-1)32-13-4-7-17-37(32)45(38-18-10-16-34-33-14-6-9-20-41(33)47-44(34)38)31-25-23-29-21-22-30-24-26-40-43(42(30)36(29)27-31)35-15-5-8-19-39(35)46-40/h1-25H;2*1-27H. The van der Waals surface area contributed by atoms with E-state index in [1.165, 1.54) is 113 Å². The van der Waals surface area contributed by atoms with Crippen molar-refractivity contribution in [3.05, 3.63) is 479 Å². The van der Waals surface area contributed by atoms with Crippen LogP contribution in [0.4, 0.5) is 51.2 Å². The average Bonchev–Trinajstić information content (AvgIpc) is 1.42. The van der Waals surface area contributed by atoms with Crippen LogP contribution in [-0.4, -0.2) is 0 Å². The maximum atomic E-state index is 6.38. The molecule has 7 aromatic heterocycles. The number of benzene rings is 24. The second-order valence-electron chi connectivity index (χ2n) is 36.7. The summed E-state index contributed by atoms with van der Waals surface area (Å²) in [6.45, 7) is 0. The first-order chi connectivity index (χ1) is 70.4. The van der Waals surface area contributed by atoms with Crippen LogP contribution in [0.15, 0.2) is 506 Å². The summed E-state index contributed by atoms with van der Waals surface area (Å²) in [7, 11) is 0. The summed E-state index contributed by atoms with van der Waals surface area (Å²) in [5.74, 6) is 0. The van der Waals surface area contributed by atoms with Crippen LogP contribution in [0.1, 0.15) is 0 Å². The molecule has 24 aromatic carbocycles. The number of hydrogen-bond donors (Lipinski definition) is 0. The van der Waals surface area contributed by atoms with Crippen LogP contribution in [0, 0.1) is 0 Å². The quantitative estimate of drug-likeness (QED) is 0.118. The maximum absolute atomic E-state index is 6.38. The Bertz CT molecular complexity index is 10500. The highest BCUT2D eigenvalue weighted by Gasteiger charge is 2.28. The fourth-order valence-electron chi connectivity index (χ4n) is 22.3. The zero-order valence-electron chi connectivity index (χ0n) is 76.3. The lowest BCUT2D eigenvalue weighted by atomic mass is 9.96. The predicted octanol–water partition coefficient (Wildman–Crippen LogP) is 39.5. The highest BCUT2D eigenvalue weighted by molar-refractivity contribution is 7.26. The molecule has 0 amide bonds. The van der Waals surface area contributed by atoms with E-state index in [4.69, 9.17) is 26.5 Å². The molecule has 31 rings (SSSR count). The monoisotopic (exact) mass is 1830 g/mol. The van der Waals surface area contributed by atoms with E-state index in [0.717, 1.165) is 177 Å². The zero-order valence-corrected chi connectivity index (χ0v) is 77.1. The van der Waals surface area contributed by atoms with Crippen LogP contribution in [0.3, 0.4) is 0 Å². The number of rotatable bonds is 11. The second-order valence-corrected chi connectivity index (χ2v) is 37.7. The number of nitrogens with zero attached hydrogens (tertiary/aromatic N) is 3. The Morgan fingerprint density at radius 1 is 0.148 bits per heavy atom. The van der Waals surface area contributed by atoms with Crippen molar-refractivity contribution in [2.75, 3.05) is 14.7 Å². The van der Waals surface area contributed by atoms with Crippen molar-refractivity contribution in [1.82, 2.24) is 0 Å². The normalized spacial score (nSPS) is 11.9.